The molecule has 8 heterocycles. The lowest BCUT2D eigenvalue weighted by Crippen LogP contribution is -2.52. The minimum absolute atomic E-state index is 0.00277. The number of methoxy groups -OCH3 is 3. The summed E-state index contributed by atoms with van der Waals surface area (Å²) in [5, 5.41) is 17.9. The highest BCUT2D eigenvalue weighted by molar-refractivity contribution is 5.97. The van der Waals surface area contributed by atoms with Crippen LogP contribution in [0.25, 0.3) is 0 Å². The molecule has 0 bridgehead atoms. The molecule has 8 unspecified atom stereocenters. The van der Waals surface area contributed by atoms with Crippen molar-refractivity contribution in [2.45, 2.75) is 228 Å². The van der Waals surface area contributed by atoms with Gasteiger partial charge in [-0.1, -0.05) is 121 Å². The summed E-state index contributed by atoms with van der Waals surface area (Å²) in [7, 11) is 4.07. The van der Waals surface area contributed by atoms with Gasteiger partial charge < -0.3 is 96.1 Å². The zero-order chi connectivity index (χ0) is 96.4. The molecule has 8 saturated heterocycles. The average Bonchev–Trinajstić information content (AvgIpc) is 0.784. The quantitative estimate of drug-likeness (QED) is 0.0341. The van der Waals surface area contributed by atoms with Crippen LogP contribution in [0.3, 0.4) is 0 Å². The van der Waals surface area contributed by atoms with Crippen LogP contribution >= 0.6 is 0 Å². The number of hydrogen-bond acceptors (Lipinski definition) is 20. The van der Waals surface area contributed by atoms with Crippen molar-refractivity contribution in [1.82, 2.24) is 19.6 Å². The van der Waals surface area contributed by atoms with E-state index in [0.29, 0.717) is 146 Å². The van der Waals surface area contributed by atoms with E-state index in [1.165, 1.54) is 55.7 Å². The van der Waals surface area contributed by atoms with Crippen molar-refractivity contribution in [3.63, 3.8) is 0 Å². The third kappa shape index (κ3) is 27.0. The summed E-state index contributed by atoms with van der Waals surface area (Å²) in [6.45, 7) is 14.9. The number of alkyl halides is 5. The van der Waals surface area contributed by atoms with E-state index in [4.69, 9.17) is 71.8 Å². The number of aliphatic hydroxyl groups is 2. The van der Waals surface area contributed by atoms with E-state index >= 15 is 0 Å². The fourth-order valence-electron chi connectivity index (χ4n) is 20.3. The highest BCUT2D eigenvalue weighted by Crippen LogP contribution is 2.50. The van der Waals surface area contributed by atoms with E-state index in [1.807, 2.05) is 135 Å². The SMILES string of the molecule is CCOC1CC(c2ccccc2)OC2(CCN(C(=O)c3ccc(OC(F)F)c(OC)c3)CC2)C1.CCOC1CC(c2ccccc2)OC2(CCN(C(=O)c3ccc(OC)c(C(F)(F)F)c3)CC2)C1.CCOC1CC(c2ccccc2)OC2(CCN(C(=O)c3ccc(OCCCO)c(C)c3)CC2)C1.CCOC1CC(c2ccccc2)OC2(CCN(C(=O)c3ccc(OCCO)c(OC)c3)CC2)C1. The van der Waals surface area contributed by atoms with Crippen LogP contribution in [0.4, 0.5) is 22.0 Å². The molecule has 8 atom stereocenters. The van der Waals surface area contributed by atoms with E-state index < -0.39 is 29.9 Å². The minimum atomic E-state index is -4.61. The standard InChI is InChI=1S/C28H37NO5.C27H35NO6.C26H30F3NO4.C26H31F2NO5/c1-3-32-24-19-26(22-8-5-4-6-9-22)34-28(20-24)12-14-29(15-13-28)27(31)23-10-11-25(21(2)18-23)33-17-7-16-30;1-3-32-22-18-24(20-7-5-4-6-8-20)34-27(19-22)11-13-28(14-12-27)26(30)21-9-10-23(33-16-15-29)25(17-21)31-2;1-3-33-20-16-23(18-7-5-4-6-8-18)34-25(17-20)11-13-30(14-12-25)24(31)19-9-10-22(32-2)21(15-19)26(27,28)29;1-3-32-20-16-22(18-7-5-4-6-8-18)34-26(17-20)11-13-29(14-12-26)24(30)19-9-10-21(33-25(27)28)23(15-19)31-2/h4-6,8-11,18,24,26,30H,3,7,12-17,19-20H2,1-2H3;4-10,17,22,24,29H,3,11-16,18-19H2,1-2H3;4-10,15,20,23H,3,11-14,16-17H2,1-2H3;4-10,15,20,22,25H,3,11-14,16-17H2,1-2H3. The van der Waals surface area contributed by atoms with E-state index in [0.717, 1.165) is 106 Å². The molecule has 0 radical (unpaired) electrons. The van der Waals surface area contributed by atoms with Crippen LogP contribution in [0.15, 0.2) is 194 Å². The second kappa shape index (κ2) is 48.8. The first-order valence-electron chi connectivity index (χ1n) is 48.0. The molecule has 136 heavy (non-hydrogen) atoms. The Morgan fingerprint density at radius 1 is 0.375 bits per heavy atom. The lowest BCUT2D eigenvalue weighted by molar-refractivity contribution is -0.191. The van der Waals surface area contributed by atoms with Crippen molar-refractivity contribution in [2.75, 3.05) is 127 Å². The van der Waals surface area contributed by atoms with Gasteiger partial charge in [-0.2, -0.15) is 22.0 Å². The number of likely N-dealkylation sites (tertiary alicyclic amines) is 4. The molecule has 24 nitrogen and oxygen atoms in total. The number of piperidine rings is 4. The Morgan fingerprint density at radius 3 is 0.949 bits per heavy atom. The molecule has 0 saturated carbocycles. The van der Waals surface area contributed by atoms with Crippen molar-refractivity contribution < 1.29 is 118 Å². The minimum Gasteiger partial charge on any atom is -0.496 e. The molecule has 8 fully saturated rings. The van der Waals surface area contributed by atoms with Gasteiger partial charge in [-0.25, -0.2) is 0 Å². The topological polar surface area (TPSA) is 251 Å². The Hall–Kier alpha value is -10.3. The lowest BCUT2D eigenvalue weighted by atomic mass is 9.80. The van der Waals surface area contributed by atoms with Gasteiger partial charge >= 0.3 is 12.8 Å². The third-order valence-electron chi connectivity index (χ3n) is 27.1. The number of halogens is 5. The van der Waals surface area contributed by atoms with Gasteiger partial charge in [0.2, 0.25) is 0 Å². The van der Waals surface area contributed by atoms with E-state index in [2.05, 4.69) is 53.3 Å². The van der Waals surface area contributed by atoms with Gasteiger partial charge in [-0.3, -0.25) is 19.2 Å². The van der Waals surface area contributed by atoms with Crippen LogP contribution < -0.4 is 28.4 Å². The molecule has 8 aromatic carbocycles. The molecule has 8 aliphatic rings. The number of aryl methyl sites for hydroxylation is 1. The summed E-state index contributed by atoms with van der Waals surface area (Å²) >= 11 is 0. The zero-order valence-electron chi connectivity index (χ0n) is 79.4. The van der Waals surface area contributed by atoms with Gasteiger partial charge in [-0.15, -0.1) is 0 Å². The maximum atomic E-state index is 13.4. The molecule has 0 aromatic heterocycles. The van der Waals surface area contributed by atoms with Crippen LogP contribution in [0.1, 0.15) is 236 Å². The summed E-state index contributed by atoms with van der Waals surface area (Å²) in [4.78, 5) is 59.9. The predicted octanol–water partition coefficient (Wildman–Crippen LogP) is 19.6. The van der Waals surface area contributed by atoms with Gasteiger partial charge in [0.1, 0.15) is 18.1 Å². The summed E-state index contributed by atoms with van der Waals surface area (Å²) in [6.07, 6.45) is 8.77. The summed E-state index contributed by atoms with van der Waals surface area (Å²) in [5.41, 5.74) is 4.90. The first-order chi connectivity index (χ1) is 65.8. The molecule has 8 aromatic rings. The number of ether oxygens (including phenoxy) is 14. The first-order valence-corrected chi connectivity index (χ1v) is 48.0. The Balaban J connectivity index is 0.000000153. The first kappa shape index (κ1) is 103. The van der Waals surface area contributed by atoms with Gasteiger partial charge in [0.15, 0.2) is 23.0 Å². The van der Waals surface area contributed by atoms with E-state index in [9.17, 15) is 41.1 Å². The Bertz CT molecular complexity index is 5090. The Kier molecular flexibility index (Phi) is 37.0. The highest BCUT2D eigenvalue weighted by atomic mass is 19.4. The maximum absolute atomic E-state index is 13.4. The smallest absolute Gasteiger partial charge is 0.419 e. The fourth-order valence-corrected chi connectivity index (χ4v) is 20.3. The fraction of sp³-hybridized carbons (Fsp3) is 0.514. The van der Waals surface area contributed by atoms with Crippen LogP contribution in [-0.4, -0.2) is 233 Å². The number of carbonyl (C=O) groups is 4. The van der Waals surface area contributed by atoms with Crippen molar-refractivity contribution in [1.29, 1.82) is 0 Å². The van der Waals surface area contributed by atoms with Crippen molar-refractivity contribution in [3.8, 4) is 34.5 Å². The second-order valence-electron chi connectivity index (χ2n) is 36.0. The predicted molar refractivity (Wildman–Crippen MR) is 503 cm³/mol. The number of rotatable bonds is 28. The molecule has 8 aliphatic heterocycles. The van der Waals surface area contributed by atoms with Gasteiger partial charge in [0.05, 0.1) is 111 Å². The number of benzene rings is 8. The zero-order valence-corrected chi connectivity index (χ0v) is 79.4. The third-order valence-corrected chi connectivity index (χ3v) is 27.1. The summed E-state index contributed by atoms with van der Waals surface area (Å²) in [6, 6.07) is 59.5. The summed E-state index contributed by atoms with van der Waals surface area (Å²) < 4.78 is 147. The molecule has 29 heteroatoms. The van der Waals surface area contributed by atoms with Crippen LogP contribution in [0, 0.1) is 6.92 Å². The van der Waals surface area contributed by atoms with Gasteiger partial charge in [0.25, 0.3) is 23.6 Å². The Labute approximate surface area is 795 Å². The number of nitrogens with zero attached hydrogens (tertiary/aromatic N) is 4. The van der Waals surface area contributed by atoms with Crippen molar-refractivity contribution in [3.05, 3.63) is 250 Å². The highest BCUT2D eigenvalue weighted by Gasteiger charge is 2.51. The largest absolute Gasteiger partial charge is 0.496 e. The number of aliphatic hydroxyl groups excluding tert-OH is 2. The number of carbonyl (C=O) groups excluding carboxylic acids is 4. The van der Waals surface area contributed by atoms with Crippen LogP contribution in [-0.2, 0) is 44.1 Å². The van der Waals surface area contributed by atoms with Crippen LogP contribution in [0.5, 0.6) is 34.5 Å². The normalized spacial score (nSPS) is 22.1. The molecular weight excluding hydrogens is 1760 g/mol. The van der Waals surface area contributed by atoms with Crippen LogP contribution in [0.2, 0.25) is 0 Å². The maximum Gasteiger partial charge on any atom is 0.419 e. The molecule has 736 valence electrons. The lowest BCUT2D eigenvalue weighted by Gasteiger charge is -2.48. The second-order valence-corrected chi connectivity index (χ2v) is 36.0. The molecule has 2 N–H and O–H groups in total. The Morgan fingerprint density at radius 2 is 0.662 bits per heavy atom. The van der Waals surface area contributed by atoms with Crippen molar-refractivity contribution >= 4 is 23.6 Å². The summed E-state index contributed by atoms with van der Waals surface area (Å²) in [5.74, 6) is 0.877. The van der Waals surface area contributed by atoms with Gasteiger partial charge in [0, 0.05) is 165 Å². The van der Waals surface area contributed by atoms with E-state index in [1.54, 1.807) is 35.1 Å². The number of hydrogen-bond donors (Lipinski definition) is 2. The van der Waals surface area contributed by atoms with Gasteiger partial charge in [-0.05, 0) is 187 Å². The molecular formula is C107H133F5N4O20. The number of amides is 4. The average molecular weight is 1890 g/mol. The molecule has 4 amide bonds. The van der Waals surface area contributed by atoms with E-state index in [-0.39, 0.29) is 126 Å². The molecule has 4 spiro atoms. The molecule has 16 rings (SSSR count). The monoisotopic (exact) mass is 1890 g/mol. The molecule has 0 aliphatic carbocycles. The van der Waals surface area contributed by atoms with Crippen molar-refractivity contribution in [2.24, 2.45) is 0 Å².